The molecule has 3 aliphatic rings. The van der Waals surface area contributed by atoms with Gasteiger partial charge in [-0.1, -0.05) is 25.1 Å². The SMILES string of the molecule is COCCCN1CCOc2ccc(CO[C@H]3CN(C(=O)O)C[C@@H](OC[C@H]4CO4)[C@@H]3c3ccc(SCC[C@@H](C)COC)cc3)cc21. The van der Waals surface area contributed by atoms with E-state index in [1.54, 1.807) is 14.2 Å². The van der Waals surface area contributed by atoms with E-state index in [1.165, 1.54) is 9.80 Å². The number of nitrogens with zero attached hydrogens (tertiary/aromatic N) is 2. The molecule has 0 radical (unpaired) electrons. The maximum Gasteiger partial charge on any atom is 0.407 e. The number of ether oxygens (including phenoxy) is 6. The number of anilines is 1. The summed E-state index contributed by atoms with van der Waals surface area (Å²) in [5, 5.41) is 10.00. The first-order valence-electron chi connectivity index (χ1n) is 16.0. The molecule has 5 atom stereocenters. The normalized spacial score (nSPS) is 23.4. The van der Waals surface area contributed by atoms with Gasteiger partial charge in [0.2, 0.25) is 0 Å². The molecule has 0 aliphatic carbocycles. The van der Waals surface area contributed by atoms with Gasteiger partial charge in [-0.05, 0) is 59.9 Å². The van der Waals surface area contributed by atoms with E-state index in [9.17, 15) is 9.90 Å². The van der Waals surface area contributed by atoms with Gasteiger partial charge in [0.15, 0.2) is 0 Å². The van der Waals surface area contributed by atoms with Crippen molar-refractivity contribution in [1.29, 1.82) is 0 Å². The van der Waals surface area contributed by atoms with E-state index in [1.807, 2.05) is 23.9 Å². The summed E-state index contributed by atoms with van der Waals surface area (Å²) in [6, 6.07) is 14.8. The Morgan fingerprint density at radius 2 is 1.87 bits per heavy atom. The van der Waals surface area contributed by atoms with Crippen LogP contribution >= 0.6 is 11.8 Å². The van der Waals surface area contributed by atoms with Crippen molar-refractivity contribution in [2.45, 2.75) is 55.5 Å². The second-order valence-electron chi connectivity index (χ2n) is 12.1. The highest BCUT2D eigenvalue weighted by molar-refractivity contribution is 7.99. The zero-order valence-electron chi connectivity index (χ0n) is 26.7. The van der Waals surface area contributed by atoms with E-state index in [2.05, 4.69) is 42.2 Å². The van der Waals surface area contributed by atoms with Gasteiger partial charge in [0.25, 0.3) is 0 Å². The predicted molar refractivity (Wildman–Crippen MR) is 174 cm³/mol. The average molecular weight is 645 g/mol. The molecule has 0 aromatic heterocycles. The first kappa shape index (κ1) is 33.8. The van der Waals surface area contributed by atoms with Crippen LogP contribution in [-0.4, -0.2) is 114 Å². The van der Waals surface area contributed by atoms with Crippen molar-refractivity contribution in [3.05, 3.63) is 53.6 Å². The first-order chi connectivity index (χ1) is 21.9. The maximum atomic E-state index is 12.2. The number of likely N-dealkylation sites (tertiary alicyclic amines) is 1. The Morgan fingerprint density at radius 1 is 1.09 bits per heavy atom. The van der Waals surface area contributed by atoms with Crippen molar-refractivity contribution in [1.82, 2.24) is 4.90 Å². The second kappa shape index (κ2) is 16.9. The Morgan fingerprint density at radius 3 is 2.58 bits per heavy atom. The second-order valence-corrected chi connectivity index (χ2v) is 13.3. The van der Waals surface area contributed by atoms with Gasteiger partial charge in [-0.15, -0.1) is 11.8 Å². The summed E-state index contributed by atoms with van der Waals surface area (Å²) >= 11 is 1.84. The lowest BCUT2D eigenvalue weighted by Crippen LogP contribution is -2.54. The molecular weight excluding hydrogens is 596 g/mol. The molecule has 3 aliphatic heterocycles. The van der Waals surface area contributed by atoms with Crippen LogP contribution in [0.4, 0.5) is 10.5 Å². The lowest BCUT2D eigenvalue weighted by molar-refractivity contribution is -0.0911. The molecule has 2 fully saturated rings. The number of hydrogen-bond donors (Lipinski definition) is 1. The number of benzene rings is 2. The number of methoxy groups -OCH3 is 2. The van der Waals surface area contributed by atoms with Gasteiger partial charge in [-0.2, -0.15) is 0 Å². The number of rotatable bonds is 17. The Bertz CT molecular complexity index is 1210. The molecule has 2 saturated heterocycles. The van der Waals surface area contributed by atoms with E-state index in [-0.39, 0.29) is 31.2 Å². The van der Waals surface area contributed by atoms with E-state index < -0.39 is 12.2 Å². The molecule has 2 aromatic rings. The fourth-order valence-corrected chi connectivity index (χ4v) is 7.13. The highest BCUT2D eigenvalue weighted by Crippen LogP contribution is 2.37. The standard InChI is InChI=1S/C34H48N2O8S/c1-24(20-40-3)11-16-45-28-8-6-26(7-9-28)33-31(18-36(34(37)38)19-32(33)44-23-27-22-42-27)43-21-25-5-10-30-29(17-25)35(13-15-41-30)12-4-14-39-2/h5-10,17,24,27,31-33H,4,11-16,18-23H2,1-3H3,(H,37,38)/t24-,27-,31+,32-,33-/m1/s1. The summed E-state index contributed by atoms with van der Waals surface area (Å²) in [5.41, 5.74) is 3.16. The van der Waals surface area contributed by atoms with E-state index >= 15 is 0 Å². The van der Waals surface area contributed by atoms with Crippen LogP contribution in [0.1, 0.15) is 36.8 Å². The number of amides is 1. The topological polar surface area (TPSA) is 102 Å². The number of piperidine rings is 1. The molecule has 10 nitrogen and oxygen atoms in total. The summed E-state index contributed by atoms with van der Waals surface area (Å²) in [5.74, 6) is 2.28. The predicted octanol–water partition coefficient (Wildman–Crippen LogP) is 5.13. The van der Waals surface area contributed by atoms with Gasteiger partial charge >= 0.3 is 6.09 Å². The number of hydrogen-bond acceptors (Lipinski definition) is 9. The van der Waals surface area contributed by atoms with Crippen molar-refractivity contribution in [3.8, 4) is 5.75 Å². The van der Waals surface area contributed by atoms with Gasteiger partial charge in [0.05, 0.1) is 57.4 Å². The minimum absolute atomic E-state index is 0.0778. The van der Waals surface area contributed by atoms with Crippen molar-refractivity contribution < 1.29 is 38.3 Å². The van der Waals surface area contributed by atoms with Gasteiger partial charge in [-0.25, -0.2) is 4.79 Å². The summed E-state index contributed by atoms with van der Waals surface area (Å²) in [7, 11) is 3.47. The van der Waals surface area contributed by atoms with Crippen LogP contribution in [-0.2, 0) is 30.3 Å². The van der Waals surface area contributed by atoms with Crippen LogP contribution in [0.25, 0.3) is 0 Å². The number of fused-ring (bicyclic) bond motifs is 1. The van der Waals surface area contributed by atoms with Crippen molar-refractivity contribution >= 4 is 23.5 Å². The molecular formula is C34H48N2O8S. The third-order valence-electron chi connectivity index (χ3n) is 8.59. The van der Waals surface area contributed by atoms with Crippen molar-refractivity contribution in [2.24, 2.45) is 5.92 Å². The summed E-state index contributed by atoms with van der Waals surface area (Å²) in [6.07, 6.45) is 0.384. The minimum atomic E-state index is -0.967. The zero-order chi connectivity index (χ0) is 31.6. The molecule has 0 spiro atoms. The number of carbonyl (C=O) groups is 1. The fourth-order valence-electron chi connectivity index (χ4n) is 6.04. The monoisotopic (exact) mass is 644 g/mol. The van der Waals surface area contributed by atoms with Crippen LogP contribution in [0.5, 0.6) is 5.75 Å². The van der Waals surface area contributed by atoms with Crippen LogP contribution in [0.15, 0.2) is 47.4 Å². The number of epoxide rings is 1. The van der Waals surface area contributed by atoms with E-state index in [0.717, 1.165) is 60.9 Å². The zero-order valence-corrected chi connectivity index (χ0v) is 27.5. The smallest absolute Gasteiger partial charge is 0.407 e. The van der Waals surface area contributed by atoms with Gasteiger partial charge in [-0.3, -0.25) is 0 Å². The van der Waals surface area contributed by atoms with E-state index in [0.29, 0.717) is 39.0 Å². The van der Waals surface area contributed by atoms with E-state index in [4.69, 9.17) is 28.4 Å². The summed E-state index contributed by atoms with van der Waals surface area (Å²) < 4.78 is 34.8. The molecule has 248 valence electrons. The largest absolute Gasteiger partial charge is 0.490 e. The summed E-state index contributed by atoms with van der Waals surface area (Å²) in [6.45, 7) is 8.08. The molecule has 0 bridgehead atoms. The molecule has 0 unspecified atom stereocenters. The summed E-state index contributed by atoms with van der Waals surface area (Å²) in [4.78, 5) is 17.2. The van der Waals surface area contributed by atoms with Crippen LogP contribution < -0.4 is 9.64 Å². The molecule has 45 heavy (non-hydrogen) atoms. The third-order valence-corrected chi connectivity index (χ3v) is 9.64. The number of carboxylic acid groups (broad SMARTS) is 1. The highest BCUT2D eigenvalue weighted by atomic mass is 32.2. The molecule has 11 heteroatoms. The lowest BCUT2D eigenvalue weighted by atomic mass is 9.84. The van der Waals surface area contributed by atoms with Crippen LogP contribution in [0.2, 0.25) is 0 Å². The first-order valence-corrected chi connectivity index (χ1v) is 17.0. The Balaban J connectivity index is 1.31. The quantitative estimate of drug-likeness (QED) is 0.142. The highest BCUT2D eigenvalue weighted by Gasteiger charge is 2.42. The molecule has 2 aromatic carbocycles. The third kappa shape index (κ3) is 9.73. The number of thioether (sulfide) groups is 1. The Hall–Kier alpha value is -2.54. The van der Waals surface area contributed by atoms with Gasteiger partial charge in [0, 0.05) is 44.8 Å². The van der Waals surface area contributed by atoms with Crippen LogP contribution in [0.3, 0.4) is 0 Å². The molecule has 3 heterocycles. The fraction of sp³-hybridized carbons (Fsp3) is 0.618. The van der Waals surface area contributed by atoms with Crippen LogP contribution in [0, 0.1) is 5.92 Å². The van der Waals surface area contributed by atoms with Crippen molar-refractivity contribution in [2.75, 3.05) is 84.1 Å². The molecule has 5 rings (SSSR count). The lowest BCUT2D eigenvalue weighted by Gasteiger charge is -2.42. The van der Waals surface area contributed by atoms with Crippen molar-refractivity contribution in [3.63, 3.8) is 0 Å². The maximum absolute atomic E-state index is 12.2. The Kier molecular flexibility index (Phi) is 12.7. The molecule has 1 amide bonds. The van der Waals surface area contributed by atoms with Gasteiger partial charge in [0.1, 0.15) is 18.5 Å². The Labute approximate surface area is 271 Å². The molecule has 1 N–H and O–H groups in total. The van der Waals surface area contributed by atoms with Gasteiger partial charge < -0.3 is 43.3 Å². The minimum Gasteiger partial charge on any atom is -0.490 e. The molecule has 0 saturated carbocycles. The average Bonchev–Trinajstić information content (AvgIpc) is 3.88.